The van der Waals surface area contributed by atoms with Crippen LogP contribution in [0.3, 0.4) is 0 Å². The van der Waals surface area contributed by atoms with Crippen LogP contribution in [0.15, 0.2) is 12.1 Å². The molecule has 0 amide bonds. The van der Waals surface area contributed by atoms with Gasteiger partial charge in [-0.15, -0.1) is 0 Å². The Morgan fingerprint density at radius 1 is 1.14 bits per heavy atom. The molecule has 0 bridgehead atoms. The Hall–Kier alpha value is -2.51. The number of hydrogen-bond donors (Lipinski definition) is 2. The molecule has 8 heteroatoms. The van der Waals surface area contributed by atoms with E-state index in [4.69, 9.17) is 5.73 Å². The van der Waals surface area contributed by atoms with Gasteiger partial charge in [0.2, 0.25) is 0 Å². The van der Waals surface area contributed by atoms with Gasteiger partial charge in [-0.2, -0.15) is 10.2 Å². The van der Waals surface area contributed by atoms with Crippen LogP contribution in [0, 0.1) is 17.5 Å². The van der Waals surface area contributed by atoms with Crippen LogP contribution in [-0.2, 0) is 0 Å². The molecule has 3 aromatic rings. The number of aromatic amines is 1. The fourth-order valence-electron chi connectivity index (χ4n) is 2.20. The third-order valence-electron chi connectivity index (χ3n) is 3.20. The quantitative estimate of drug-likeness (QED) is 0.714. The summed E-state index contributed by atoms with van der Waals surface area (Å²) < 4.78 is 41.5. The van der Waals surface area contributed by atoms with E-state index in [1.807, 2.05) is 13.8 Å². The van der Waals surface area contributed by atoms with Gasteiger partial charge in [-0.25, -0.2) is 17.9 Å². The van der Waals surface area contributed by atoms with Crippen molar-refractivity contribution in [2.24, 2.45) is 0 Å². The number of nitrogen functional groups attached to an aromatic ring is 1. The zero-order valence-corrected chi connectivity index (χ0v) is 11.3. The fourth-order valence-corrected chi connectivity index (χ4v) is 2.20. The average Bonchev–Trinajstić information content (AvgIpc) is 2.95. The second-order valence-electron chi connectivity index (χ2n) is 5.01. The molecule has 0 saturated heterocycles. The van der Waals surface area contributed by atoms with Gasteiger partial charge < -0.3 is 5.73 Å². The van der Waals surface area contributed by atoms with Crippen LogP contribution in [0.25, 0.3) is 16.7 Å². The van der Waals surface area contributed by atoms with Crippen molar-refractivity contribution in [3.63, 3.8) is 0 Å². The molecule has 5 nitrogen and oxygen atoms in total. The van der Waals surface area contributed by atoms with Crippen molar-refractivity contribution in [2.45, 2.75) is 19.8 Å². The van der Waals surface area contributed by atoms with Crippen molar-refractivity contribution >= 4 is 16.9 Å². The predicted molar refractivity (Wildman–Crippen MR) is 71.6 cm³/mol. The number of aromatic nitrogens is 4. The number of rotatable bonds is 2. The minimum atomic E-state index is -1.26. The van der Waals surface area contributed by atoms with E-state index < -0.39 is 17.5 Å². The summed E-state index contributed by atoms with van der Waals surface area (Å²) in [6.45, 7) is 3.78. The van der Waals surface area contributed by atoms with Crippen LogP contribution < -0.4 is 5.73 Å². The lowest BCUT2D eigenvalue weighted by Gasteiger charge is -2.05. The van der Waals surface area contributed by atoms with Crippen molar-refractivity contribution in [3.8, 4) is 5.69 Å². The number of H-pyrrole nitrogens is 1. The minimum Gasteiger partial charge on any atom is -0.383 e. The van der Waals surface area contributed by atoms with Gasteiger partial charge in [0.15, 0.2) is 23.1 Å². The van der Waals surface area contributed by atoms with Gasteiger partial charge in [-0.3, -0.25) is 5.10 Å². The standard InChI is InChI=1S/C13H12F3N5/c1-5(2)11-10-12(17)18-19-13(10)21(20-11)9-4-7(15)6(14)3-8(9)16/h3-5H,1-2H3,(H3,17,18,19). The number of halogens is 3. The summed E-state index contributed by atoms with van der Waals surface area (Å²) in [6, 6.07) is 1.22. The monoisotopic (exact) mass is 295 g/mol. The summed E-state index contributed by atoms with van der Waals surface area (Å²) in [7, 11) is 0. The van der Waals surface area contributed by atoms with E-state index >= 15 is 0 Å². The second-order valence-corrected chi connectivity index (χ2v) is 5.01. The largest absolute Gasteiger partial charge is 0.383 e. The SMILES string of the molecule is CC(C)c1nn(-c2cc(F)c(F)cc2F)c2n[nH]c(N)c12. The van der Waals surface area contributed by atoms with Crippen LogP contribution in [0.5, 0.6) is 0 Å². The Kier molecular flexibility index (Phi) is 2.89. The van der Waals surface area contributed by atoms with E-state index in [0.717, 1.165) is 10.7 Å². The van der Waals surface area contributed by atoms with Gasteiger partial charge in [-0.1, -0.05) is 13.8 Å². The Morgan fingerprint density at radius 3 is 2.48 bits per heavy atom. The predicted octanol–water partition coefficient (Wildman–Crippen LogP) is 2.87. The first kappa shape index (κ1) is 13.5. The molecule has 2 heterocycles. The van der Waals surface area contributed by atoms with E-state index in [1.54, 1.807) is 0 Å². The summed E-state index contributed by atoms with van der Waals surface area (Å²) in [5, 5.41) is 11.3. The summed E-state index contributed by atoms with van der Waals surface area (Å²) >= 11 is 0. The molecular formula is C13H12F3N5. The number of nitrogens with zero attached hydrogens (tertiary/aromatic N) is 3. The maximum Gasteiger partial charge on any atom is 0.186 e. The second kappa shape index (κ2) is 4.51. The molecule has 0 atom stereocenters. The molecule has 0 fully saturated rings. The first-order chi connectivity index (χ1) is 9.90. The molecule has 0 aliphatic carbocycles. The molecule has 0 aliphatic rings. The van der Waals surface area contributed by atoms with Crippen molar-refractivity contribution < 1.29 is 13.2 Å². The number of hydrogen-bond acceptors (Lipinski definition) is 3. The van der Waals surface area contributed by atoms with Gasteiger partial charge >= 0.3 is 0 Å². The molecule has 3 N–H and O–H groups in total. The lowest BCUT2D eigenvalue weighted by Crippen LogP contribution is -2.04. The van der Waals surface area contributed by atoms with Crippen LogP contribution in [0.1, 0.15) is 25.5 Å². The number of fused-ring (bicyclic) bond motifs is 1. The number of benzene rings is 1. The fraction of sp³-hybridized carbons (Fsp3) is 0.231. The molecule has 0 unspecified atom stereocenters. The highest BCUT2D eigenvalue weighted by Crippen LogP contribution is 2.30. The molecule has 2 aromatic heterocycles. The zero-order chi connectivity index (χ0) is 15.3. The van der Waals surface area contributed by atoms with Crippen LogP contribution >= 0.6 is 0 Å². The first-order valence-corrected chi connectivity index (χ1v) is 6.27. The Labute approximate surface area is 117 Å². The maximum absolute atomic E-state index is 13.9. The number of nitrogens with one attached hydrogen (secondary N) is 1. The molecule has 0 aliphatic heterocycles. The molecule has 3 rings (SSSR count). The highest BCUT2D eigenvalue weighted by molar-refractivity contribution is 5.90. The Bertz CT molecular complexity index is 834. The maximum atomic E-state index is 13.9. The van der Waals surface area contributed by atoms with Crippen LogP contribution in [0.4, 0.5) is 19.0 Å². The van der Waals surface area contributed by atoms with Crippen molar-refractivity contribution in [3.05, 3.63) is 35.3 Å². The van der Waals surface area contributed by atoms with Crippen LogP contribution in [-0.4, -0.2) is 20.0 Å². The van der Waals surface area contributed by atoms with E-state index in [0.29, 0.717) is 23.0 Å². The molecule has 110 valence electrons. The van der Waals surface area contributed by atoms with Gasteiger partial charge in [0, 0.05) is 12.1 Å². The van der Waals surface area contributed by atoms with Gasteiger partial charge in [0.1, 0.15) is 11.5 Å². The average molecular weight is 295 g/mol. The Morgan fingerprint density at radius 2 is 1.81 bits per heavy atom. The van der Waals surface area contributed by atoms with E-state index in [1.165, 1.54) is 0 Å². The molecule has 1 aromatic carbocycles. The highest BCUT2D eigenvalue weighted by atomic mass is 19.2. The topological polar surface area (TPSA) is 72.5 Å². The lowest BCUT2D eigenvalue weighted by atomic mass is 10.1. The number of anilines is 1. The van der Waals surface area contributed by atoms with E-state index in [9.17, 15) is 13.2 Å². The van der Waals surface area contributed by atoms with Gasteiger partial charge in [0.25, 0.3) is 0 Å². The van der Waals surface area contributed by atoms with Gasteiger partial charge in [-0.05, 0) is 5.92 Å². The summed E-state index contributed by atoms with van der Waals surface area (Å²) in [5.41, 5.74) is 6.44. The Balaban J connectivity index is 2.33. The van der Waals surface area contributed by atoms with E-state index in [-0.39, 0.29) is 17.3 Å². The van der Waals surface area contributed by atoms with Crippen molar-refractivity contribution in [1.29, 1.82) is 0 Å². The molecular weight excluding hydrogens is 283 g/mol. The third-order valence-corrected chi connectivity index (χ3v) is 3.20. The normalized spacial score (nSPS) is 11.7. The molecule has 0 spiro atoms. The molecule has 0 saturated carbocycles. The van der Waals surface area contributed by atoms with Crippen LogP contribution in [0.2, 0.25) is 0 Å². The van der Waals surface area contributed by atoms with Gasteiger partial charge in [0.05, 0.1) is 11.1 Å². The van der Waals surface area contributed by atoms with Crippen molar-refractivity contribution in [2.75, 3.05) is 5.73 Å². The zero-order valence-electron chi connectivity index (χ0n) is 11.3. The summed E-state index contributed by atoms with van der Waals surface area (Å²) in [6.07, 6.45) is 0. The van der Waals surface area contributed by atoms with E-state index in [2.05, 4.69) is 15.3 Å². The first-order valence-electron chi connectivity index (χ1n) is 6.27. The minimum absolute atomic E-state index is 0.00186. The lowest BCUT2D eigenvalue weighted by molar-refractivity contribution is 0.491. The van der Waals surface area contributed by atoms with Crippen molar-refractivity contribution in [1.82, 2.24) is 20.0 Å². The smallest absolute Gasteiger partial charge is 0.186 e. The summed E-state index contributed by atoms with van der Waals surface area (Å²) in [4.78, 5) is 0. The summed E-state index contributed by atoms with van der Waals surface area (Å²) in [5.74, 6) is -3.06. The number of nitrogens with two attached hydrogens (primary N) is 1. The highest BCUT2D eigenvalue weighted by Gasteiger charge is 2.22. The third kappa shape index (κ3) is 1.94. The molecule has 0 radical (unpaired) electrons. The molecule has 21 heavy (non-hydrogen) atoms.